The van der Waals surface area contributed by atoms with Gasteiger partial charge in [-0.2, -0.15) is 0 Å². The fourth-order valence-corrected chi connectivity index (χ4v) is 1.49. The fourth-order valence-electron chi connectivity index (χ4n) is 1.49. The summed E-state index contributed by atoms with van der Waals surface area (Å²) >= 11 is 0. The third-order valence-corrected chi connectivity index (χ3v) is 2.62. The number of hydrogen-bond donors (Lipinski definition) is 2. The van der Waals surface area contributed by atoms with E-state index in [9.17, 15) is 4.39 Å². The Morgan fingerprint density at radius 3 is 2.27 bits per heavy atom. The van der Waals surface area contributed by atoms with E-state index in [4.69, 9.17) is 0 Å². The van der Waals surface area contributed by atoms with Gasteiger partial charge in [-0.05, 0) is 57.8 Å². The molecule has 15 heavy (non-hydrogen) atoms. The topological polar surface area (TPSA) is 24.1 Å². The van der Waals surface area contributed by atoms with Crippen LogP contribution in [0.1, 0.15) is 39.5 Å². The zero-order chi connectivity index (χ0) is 11.4. The monoisotopic (exact) mass is 218 g/mol. The molecule has 0 amide bonds. The number of hydrogen-bond acceptors (Lipinski definition) is 2. The molecule has 0 aromatic heterocycles. The minimum Gasteiger partial charge on any atom is -0.317 e. The first-order valence-corrected chi connectivity index (χ1v) is 6.28. The Balaban J connectivity index is 3.06. The third kappa shape index (κ3) is 11.8. The van der Waals surface area contributed by atoms with Crippen molar-refractivity contribution in [2.45, 2.75) is 39.5 Å². The molecule has 0 aromatic carbocycles. The zero-order valence-corrected chi connectivity index (χ0v) is 10.3. The molecular weight excluding hydrogens is 191 g/mol. The van der Waals surface area contributed by atoms with Crippen molar-refractivity contribution in [3.8, 4) is 0 Å². The van der Waals surface area contributed by atoms with Crippen LogP contribution in [0.2, 0.25) is 0 Å². The van der Waals surface area contributed by atoms with Crippen molar-refractivity contribution in [1.82, 2.24) is 10.6 Å². The number of halogens is 1. The first-order valence-electron chi connectivity index (χ1n) is 6.28. The van der Waals surface area contributed by atoms with Gasteiger partial charge in [0.2, 0.25) is 0 Å². The van der Waals surface area contributed by atoms with E-state index in [0.29, 0.717) is 6.42 Å². The van der Waals surface area contributed by atoms with Crippen molar-refractivity contribution in [1.29, 1.82) is 0 Å². The van der Waals surface area contributed by atoms with Crippen molar-refractivity contribution >= 4 is 0 Å². The minimum absolute atomic E-state index is 0.180. The molecule has 0 bridgehead atoms. The Labute approximate surface area is 94.0 Å². The fraction of sp³-hybridized carbons (Fsp3) is 1.00. The molecule has 3 heteroatoms. The van der Waals surface area contributed by atoms with Crippen molar-refractivity contribution in [2.75, 3.05) is 32.9 Å². The van der Waals surface area contributed by atoms with Crippen LogP contribution in [0.4, 0.5) is 4.39 Å². The lowest BCUT2D eigenvalue weighted by molar-refractivity contribution is 0.436. The second-order valence-corrected chi connectivity index (χ2v) is 4.18. The standard InChI is InChI=1S/C12H27FN2/c1-3-14-10-6-12(2)7-11-15-9-5-4-8-13/h12,14-15H,3-11H2,1-2H3. The molecule has 0 heterocycles. The first kappa shape index (κ1) is 14.8. The van der Waals surface area contributed by atoms with E-state index in [0.717, 1.165) is 38.5 Å². The summed E-state index contributed by atoms with van der Waals surface area (Å²) in [5.74, 6) is 0.776. The maximum atomic E-state index is 11.8. The van der Waals surface area contributed by atoms with E-state index >= 15 is 0 Å². The number of alkyl halides is 1. The van der Waals surface area contributed by atoms with Gasteiger partial charge in [-0.15, -0.1) is 0 Å². The summed E-state index contributed by atoms with van der Waals surface area (Å²) in [4.78, 5) is 0. The van der Waals surface area contributed by atoms with Crippen molar-refractivity contribution < 1.29 is 4.39 Å². The van der Waals surface area contributed by atoms with Crippen LogP contribution in [0.15, 0.2) is 0 Å². The van der Waals surface area contributed by atoms with Gasteiger partial charge in [-0.3, -0.25) is 4.39 Å². The van der Waals surface area contributed by atoms with Crippen LogP contribution < -0.4 is 10.6 Å². The molecule has 0 aliphatic heterocycles. The predicted molar refractivity (Wildman–Crippen MR) is 65.0 cm³/mol. The maximum absolute atomic E-state index is 11.8. The highest BCUT2D eigenvalue weighted by Crippen LogP contribution is 2.04. The zero-order valence-electron chi connectivity index (χ0n) is 10.3. The lowest BCUT2D eigenvalue weighted by atomic mass is 10.0. The van der Waals surface area contributed by atoms with Gasteiger partial charge in [0.15, 0.2) is 0 Å². The van der Waals surface area contributed by atoms with E-state index in [-0.39, 0.29) is 6.67 Å². The molecule has 1 unspecified atom stereocenters. The Hall–Kier alpha value is -0.150. The summed E-state index contributed by atoms with van der Waals surface area (Å²) in [6.45, 7) is 8.47. The minimum atomic E-state index is -0.180. The van der Waals surface area contributed by atoms with Gasteiger partial charge in [0.1, 0.15) is 0 Å². The molecule has 0 aromatic rings. The average Bonchev–Trinajstić information content (AvgIpc) is 2.23. The molecule has 0 aliphatic rings. The van der Waals surface area contributed by atoms with Crippen LogP contribution in [0, 0.1) is 5.92 Å². The number of unbranched alkanes of at least 4 members (excludes halogenated alkanes) is 1. The molecule has 2 nitrogen and oxygen atoms in total. The normalized spacial score (nSPS) is 13.0. The quantitative estimate of drug-likeness (QED) is 0.520. The first-order chi connectivity index (χ1) is 7.31. The summed E-state index contributed by atoms with van der Waals surface area (Å²) in [6, 6.07) is 0. The Morgan fingerprint density at radius 1 is 1.00 bits per heavy atom. The summed E-state index contributed by atoms with van der Waals surface area (Å²) in [5, 5.41) is 6.69. The molecule has 0 fully saturated rings. The average molecular weight is 218 g/mol. The lowest BCUT2D eigenvalue weighted by Gasteiger charge is -2.11. The molecule has 1 atom stereocenters. The number of rotatable bonds is 11. The Bertz CT molecular complexity index is 120. The largest absolute Gasteiger partial charge is 0.317 e. The van der Waals surface area contributed by atoms with Crippen LogP contribution in [0.3, 0.4) is 0 Å². The lowest BCUT2D eigenvalue weighted by Crippen LogP contribution is -2.21. The second kappa shape index (κ2) is 11.9. The molecule has 0 radical (unpaired) electrons. The van der Waals surface area contributed by atoms with Gasteiger partial charge < -0.3 is 10.6 Å². The van der Waals surface area contributed by atoms with Gasteiger partial charge in [-0.25, -0.2) is 0 Å². The van der Waals surface area contributed by atoms with Crippen molar-refractivity contribution in [3.63, 3.8) is 0 Å². The molecular formula is C12H27FN2. The van der Waals surface area contributed by atoms with Crippen LogP contribution in [0.5, 0.6) is 0 Å². The summed E-state index contributed by atoms with van der Waals surface area (Å²) in [5.41, 5.74) is 0. The molecule has 0 saturated heterocycles. The van der Waals surface area contributed by atoms with Gasteiger partial charge in [0.05, 0.1) is 6.67 Å². The van der Waals surface area contributed by atoms with E-state index in [2.05, 4.69) is 24.5 Å². The smallest absolute Gasteiger partial charge is 0.0894 e. The van der Waals surface area contributed by atoms with Gasteiger partial charge in [0, 0.05) is 0 Å². The SMILES string of the molecule is CCNCCC(C)CCNCCCCF. The van der Waals surface area contributed by atoms with E-state index < -0.39 is 0 Å². The second-order valence-electron chi connectivity index (χ2n) is 4.18. The van der Waals surface area contributed by atoms with Crippen LogP contribution in [0.25, 0.3) is 0 Å². The van der Waals surface area contributed by atoms with Crippen LogP contribution >= 0.6 is 0 Å². The van der Waals surface area contributed by atoms with Crippen molar-refractivity contribution in [3.05, 3.63) is 0 Å². The molecule has 0 rings (SSSR count). The van der Waals surface area contributed by atoms with E-state index in [1.807, 2.05) is 0 Å². The van der Waals surface area contributed by atoms with Gasteiger partial charge in [-0.1, -0.05) is 13.8 Å². The Kier molecular flexibility index (Phi) is 11.8. The highest BCUT2D eigenvalue weighted by atomic mass is 19.1. The molecule has 92 valence electrons. The summed E-state index contributed by atoms with van der Waals surface area (Å²) < 4.78 is 11.8. The summed E-state index contributed by atoms with van der Waals surface area (Å²) in [6.07, 6.45) is 4.13. The van der Waals surface area contributed by atoms with Gasteiger partial charge >= 0.3 is 0 Å². The molecule has 0 saturated carbocycles. The van der Waals surface area contributed by atoms with Crippen molar-refractivity contribution in [2.24, 2.45) is 5.92 Å². The molecule has 2 N–H and O–H groups in total. The molecule has 0 aliphatic carbocycles. The Morgan fingerprint density at radius 2 is 1.67 bits per heavy atom. The highest BCUT2D eigenvalue weighted by Gasteiger charge is 2.00. The van der Waals surface area contributed by atoms with E-state index in [1.165, 1.54) is 12.8 Å². The highest BCUT2D eigenvalue weighted by molar-refractivity contribution is 4.58. The van der Waals surface area contributed by atoms with Crippen LogP contribution in [-0.4, -0.2) is 32.9 Å². The third-order valence-electron chi connectivity index (χ3n) is 2.62. The van der Waals surface area contributed by atoms with E-state index in [1.54, 1.807) is 0 Å². The maximum Gasteiger partial charge on any atom is 0.0894 e. The number of nitrogens with one attached hydrogen (secondary N) is 2. The van der Waals surface area contributed by atoms with Gasteiger partial charge in [0.25, 0.3) is 0 Å². The van der Waals surface area contributed by atoms with Crippen LogP contribution in [-0.2, 0) is 0 Å². The molecule has 0 spiro atoms. The predicted octanol–water partition coefficient (Wildman–Crippen LogP) is 2.35. The summed E-state index contributed by atoms with van der Waals surface area (Å²) in [7, 11) is 0.